The van der Waals surface area contributed by atoms with Crippen molar-refractivity contribution in [1.29, 1.82) is 0 Å². The fourth-order valence-corrected chi connectivity index (χ4v) is 1.63. The molecule has 2 aromatic rings. The average molecular weight is 271 g/mol. The van der Waals surface area contributed by atoms with Gasteiger partial charge in [0, 0.05) is 6.54 Å². The van der Waals surface area contributed by atoms with E-state index in [0.717, 1.165) is 17.1 Å². The van der Waals surface area contributed by atoms with E-state index in [9.17, 15) is 4.79 Å². The molecular formula is C16H17NO3. The second-order valence-corrected chi connectivity index (χ2v) is 4.29. The van der Waals surface area contributed by atoms with Crippen LogP contribution in [0.15, 0.2) is 53.0 Å². The normalized spacial score (nSPS) is 10.7. The summed E-state index contributed by atoms with van der Waals surface area (Å²) >= 11 is 0. The highest BCUT2D eigenvalue weighted by molar-refractivity contribution is 5.67. The number of furan rings is 1. The third kappa shape index (κ3) is 4.65. The van der Waals surface area contributed by atoms with Crippen molar-refractivity contribution in [1.82, 2.24) is 5.32 Å². The quantitative estimate of drug-likeness (QED) is 0.905. The van der Waals surface area contributed by atoms with Crippen molar-refractivity contribution in [2.75, 3.05) is 6.54 Å². The van der Waals surface area contributed by atoms with Gasteiger partial charge in [0.15, 0.2) is 0 Å². The number of hydrogen-bond donors (Lipinski definition) is 1. The molecule has 20 heavy (non-hydrogen) atoms. The number of amides is 1. The lowest BCUT2D eigenvalue weighted by Gasteiger charge is -2.04. The number of ether oxygens (including phenoxy) is 1. The number of rotatable bonds is 5. The molecule has 0 saturated carbocycles. The van der Waals surface area contributed by atoms with E-state index in [1.165, 1.54) is 0 Å². The summed E-state index contributed by atoms with van der Waals surface area (Å²) in [6, 6.07) is 13.3. The van der Waals surface area contributed by atoms with Gasteiger partial charge in [0.1, 0.15) is 18.1 Å². The van der Waals surface area contributed by atoms with E-state index in [0.29, 0.717) is 6.54 Å². The lowest BCUT2D eigenvalue weighted by Crippen LogP contribution is -2.24. The molecule has 4 heteroatoms. The molecule has 1 aromatic heterocycles. The zero-order valence-electron chi connectivity index (χ0n) is 11.3. The van der Waals surface area contributed by atoms with Gasteiger partial charge < -0.3 is 14.5 Å². The Kier molecular flexibility index (Phi) is 5.00. The predicted molar refractivity (Wildman–Crippen MR) is 77.1 cm³/mol. The fraction of sp³-hybridized carbons (Fsp3) is 0.188. The van der Waals surface area contributed by atoms with E-state index in [-0.39, 0.29) is 6.61 Å². The summed E-state index contributed by atoms with van der Waals surface area (Å²) in [5.74, 6) is 1.63. The van der Waals surface area contributed by atoms with Crippen molar-refractivity contribution in [3.8, 4) is 0 Å². The average Bonchev–Trinajstić information content (AvgIpc) is 2.88. The van der Waals surface area contributed by atoms with Crippen LogP contribution >= 0.6 is 0 Å². The van der Waals surface area contributed by atoms with Crippen molar-refractivity contribution in [2.24, 2.45) is 0 Å². The van der Waals surface area contributed by atoms with Gasteiger partial charge in [-0.2, -0.15) is 0 Å². The molecule has 0 atom stereocenters. The lowest BCUT2D eigenvalue weighted by atomic mass is 10.2. The number of nitrogens with one attached hydrogen (secondary N) is 1. The number of carbonyl (C=O) groups excluding carboxylic acids is 1. The molecule has 0 aliphatic carbocycles. The number of hydrogen-bond acceptors (Lipinski definition) is 3. The molecule has 4 nitrogen and oxygen atoms in total. The molecule has 104 valence electrons. The minimum atomic E-state index is -0.436. The predicted octanol–water partition coefficient (Wildman–Crippen LogP) is 3.53. The Morgan fingerprint density at radius 2 is 2.05 bits per heavy atom. The van der Waals surface area contributed by atoms with Crippen LogP contribution in [0, 0.1) is 6.92 Å². The van der Waals surface area contributed by atoms with Crippen molar-refractivity contribution >= 4 is 12.2 Å². The van der Waals surface area contributed by atoms with Gasteiger partial charge in [-0.15, -0.1) is 0 Å². The molecule has 1 amide bonds. The second-order valence-electron chi connectivity index (χ2n) is 4.29. The van der Waals surface area contributed by atoms with E-state index in [4.69, 9.17) is 9.15 Å². The zero-order chi connectivity index (χ0) is 14.2. The minimum absolute atomic E-state index is 0.272. The molecule has 0 fully saturated rings. The SMILES string of the molecule is Cc1ccc(C=CCNC(=O)OCc2ccccc2)o1. The Morgan fingerprint density at radius 3 is 2.75 bits per heavy atom. The summed E-state index contributed by atoms with van der Waals surface area (Å²) in [4.78, 5) is 11.4. The molecule has 1 aromatic carbocycles. The van der Waals surface area contributed by atoms with Crippen LogP contribution < -0.4 is 5.32 Å². The molecule has 1 heterocycles. The van der Waals surface area contributed by atoms with Crippen molar-refractivity contribution < 1.29 is 13.9 Å². The van der Waals surface area contributed by atoms with Crippen LogP contribution in [0.5, 0.6) is 0 Å². The van der Waals surface area contributed by atoms with E-state index in [2.05, 4.69) is 5.32 Å². The van der Waals surface area contributed by atoms with Gasteiger partial charge in [0.05, 0.1) is 0 Å². The zero-order valence-corrected chi connectivity index (χ0v) is 11.3. The van der Waals surface area contributed by atoms with Crippen LogP contribution in [0.25, 0.3) is 6.08 Å². The summed E-state index contributed by atoms with van der Waals surface area (Å²) in [6.45, 7) is 2.55. The maximum atomic E-state index is 11.4. The van der Waals surface area contributed by atoms with E-state index in [1.54, 1.807) is 0 Å². The first-order chi connectivity index (χ1) is 9.74. The molecule has 0 aliphatic rings. The van der Waals surface area contributed by atoms with Crippen LogP contribution in [0.3, 0.4) is 0 Å². The third-order valence-electron chi connectivity index (χ3n) is 2.62. The van der Waals surface area contributed by atoms with E-state index < -0.39 is 6.09 Å². The Hall–Kier alpha value is -2.49. The Balaban J connectivity index is 1.66. The van der Waals surface area contributed by atoms with Crippen molar-refractivity contribution in [2.45, 2.75) is 13.5 Å². The van der Waals surface area contributed by atoms with Gasteiger partial charge in [-0.25, -0.2) is 4.79 Å². The maximum absolute atomic E-state index is 11.4. The third-order valence-corrected chi connectivity index (χ3v) is 2.62. The van der Waals surface area contributed by atoms with Crippen LogP contribution in [0.4, 0.5) is 4.79 Å². The highest BCUT2D eigenvalue weighted by atomic mass is 16.5. The molecule has 0 aliphatic heterocycles. The number of aryl methyl sites for hydroxylation is 1. The molecule has 0 unspecified atom stereocenters. The molecule has 0 spiro atoms. The maximum Gasteiger partial charge on any atom is 0.407 e. The molecule has 0 radical (unpaired) electrons. The number of alkyl carbamates (subject to hydrolysis) is 1. The highest BCUT2D eigenvalue weighted by Crippen LogP contribution is 2.07. The number of carbonyl (C=O) groups is 1. The lowest BCUT2D eigenvalue weighted by molar-refractivity contribution is 0.141. The monoisotopic (exact) mass is 271 g/mol. The Morgan fingerprint density at radius 1 is 1.25 bits per heavy atom. The van der Waals surface area contributed by atoms with Gasteiger partial charge in [-0.3, -0.25) is 0 Å². The topological polar surface area (TPSA) is 51.5 Å². The van der Waals surface area contributed by atoms with Crippen molar-refractivity contribution in [3.05, 3.63) is 65.6 Å². The summed E-state index contributed by atoms with van der Waals surface area (Å²) < 4.78 is 10.4. The van der Waals surface area contributed by atoms with Gasteiger partial charge in [-0.1, -0.05) is 36.4 Å². The van der Waals surface area contributed by atoms with E-state index in [1.807, 2.05) is 61.5 Å². The summed E-state index contributed by atoms with van der Waals surface area (Å²) in [7, 11) is 0. The summed E-state index contributed by atoms with van der Waals surface area (Å²) in [5, 5.41) is 2.64. The highest BCUT2D eigenvalue weighted by Gasteiger charge is 2.00. The van der Waals surface area contributed by atoms with Crippen LogP contribution in [-0.4, -0.2) is 12.6 Å². The first-order valence-corrected chi connectivity index (χ1v) is 6.41. The number of benzene rings is 1. The van der Waals surface area contributed by atoms with Gasteiger partial charge >= 0.3 is 6.09 Å². The van der Waals surface area contributed by atoms with Gasteiger partial charge in [-0.05, 0) is 30.7 Å². The van der Waals surface area contributed by atoms with Gasteiger partial charge in [0.25, 0.3) is 0 Å². The molecule has 0 bridgehead atoms. The largest absolute Gasteiger partial charge is 0.462 e. The first kappa shape index (κ1) is 13.9. The molecular weight excluding hydrogens is 254 g/mol. The van der Waals surface area contributed by atoms with Crippen LogP contribution in [-0.2, 0) is 11.3 Å². The Bertz CT molecular complexity index is 572. The standard InChI is InChI=1S/C16H17NO3/c1-13-9-10-15(20-13)8-5-11-17-16(18)19-12-14-6-3-2-4-7-14/h2-10H,11-12H2,1H3,(H,17,18). The summed E-state index contributed by atoms with van der Waals surface area (Å²) in [5.41, 5.74) is 0.962. The van der Waals surface area contributed by atoms with Gasteiger partial charge in [0.2, 0.25) is 0 Å². The Labute approximate surface area is 118 Å². The second kappa shape index (κ2) is 7.19. The summed E-state index contributed by atoms with van der Waals surface area (Å²) in [6.07, 6.45) is 3.18. The van der Waals surface area contributed by atoms with Crippen LogP contribution in [0.1, 0.15) is 17.1 Å². The van der Waals surface area contributed by atoms with Crippen molar-refractivity contribution in [3.63, 3.8) is 0 Å². The molecule has 0 saturated heterocycles. The smallest absolute Gasteiger partial charge is 0.407 e. The molecule has 2 rings (SSSR count). The van der Waals surface area contributed by atoms with E-state index >= 15 is 0 Å². The minimum Gasteiger partial charge on any atom is -0.462 e. The van der Waals surface area contributed by atoms with Crippen LogP contribution in [0.2, 0.25) is 0 Å². The fourth-order valence-electron chi connectivity index (χ4n) is 1.63. The first-order valence-electron chi connectivity index (χ1n) is 6.41. The molecule has 1 N–H and O–H groups in total.